The Hall–Kier alpha value is -1.84. The molecule has 2 aromatic rings. The Kier molecular flexibility index (Phi) is 10.4. The number of amides is 1. The number of carbonyl (C=O) groups is 1. The zero-order valence-corrected chi connectivity index (χ0v) is 20.1. The summed E-state index contributed by atoms with van der Waals surface area (Å²) in [5.74, 6) is 0.650. The van der Waals surface area contributed by atoms with Gasteiger partial charge in [-0.25, -0.2) is 4.99 Å². The molecule has 1 atom stereocenters. The number of hydrogen-bond acceptors (Lipinski definition) is 3. The molecule has 1 aliphatic rings. The van der Waals surface area contributed by atoms with Crippen LogP contribution in [0.3, 0.4) is 0 Å². The van der Waals surface area contributed by atoms with Gasteiger partial charge >= 0.3 is 0 Å². The van der Waals surface area contributed by atoms with E-state index >= 15 is 0 Å². The quantitative estimate of drug-likeness (QED) is 0.277. The van der Waals surface area contributed by atoms with Crippen LogP contribution in [0.5, 0.6) is 0 Å². The summed E-state index contributed by atoms with van der Waals surface area (Å²) >= 11 is 5.93. The molecule has 30 heavy (non-hydrogen) atoms. The highest BCUT2D eigenvalue weighted by atomic mass is 127. The standard InChI is InChI=1S/C22H27ClN4O2.HI/c1-2-24-22(25-14-16-8-10-18(23)11-9-16)26-15-17-5-3-6-19(13-17)27-21(28)20-7-4-12-29-20;/h3,5-6,8-11,13,20H,2,4,7,12,14-15H2,1H3,(H,27,28)(H2,24,25,26);1H. The highest BCUT2D eigenvalue weighted by molar-refractivity contribution is 14.0. The fourth-order valence-electron chi connectivity index (χ4n) is 3.05. The van der Waals surface area contributed by atoms with Crippen LogP contribution in [0.4, 0.5) is 5.69 Å². The van der Waals surface area contributed by atoms with Gasteiger partial charge in [0.05, 0.1) is 6.54 Å². The Bertz CT molecular complexity index is 839. The summed E-state index contributed by atoms with van der Waals surface area (Å²) < 4.78 is 5.44. The molecular formula is C22H28ClIN4O2. The number of ether oxygens (including phenoxy) is 1. The van der Waals surface area contributed by atoms with E-state index in [1.807, 2.05) is 55.5 Å². The van der Waals surface area contributed by atoms with Crippen LogP contribution in [-0.2, 0) is 22.6 Å². The van der Waals surface area contributed by atoms with E-state index in [2.05, 4.69) is 20.9 Å². The third-order valence-corrected chi connectivity index (χ3v) is 4.81. The second-order valence-electron chi connectivity index (χ2n) is 6.87. The van der Waals surface area contributed by atoms with Gasteiger partial charge < -0.3 is 20.7 Å². The second kappa shape index (κ2) is 12.8. The predicted molar refractivity (Wildman–Crippen MR) is 133 cm³/mol. The normalized spacial score (nSPS) is 15.9. The highest BCUT2D eigenvalue weighted by Crippen LogP contribution is 2.16. The zero-order valence-electron chi connectivity index (χ0n) is 17.0. The van der Waals surface area contributed by atoms with Gasteiger partial charge in [0, 0.05) is 30.4 Å². The number of carbonyl (C=O) groups excluding carboxylic acids is 1. The van der Waals surface area contributed by atoms with Crippen LogP contribution < -0.4 is 16.0 Å². The third kappa shape index (κ3) is 7.77. The molecule has 8 heteroatoms. The Morgan fingerprint density at radius 1 is 1.17 bits per heavy atom. The van der Waals surface area contributed by atoms with Crippen molar-refractivity contribution in [1.82, 2.24) is 10.6 Å². The number of aliphatic imine (C=N–C) groups is 1. The number of benzene rings is 2. The number of guanidine groups is 1. The largest absolute Gasteiger partial charge is 0.368 e. The molecule has 1 unspecified atom stereocenters. The number of nitrogens with zero attached hydrogens (tertiary/aromatic N) is 1. The lowest BCUT2D eigenvalue weighted by atomic mass is 10.2. The molecule has 3 rings (SSSR count). The summed E-state index contributed by atoms with van der Waals surface area (Å²) in [7, 11) is 0. The maximum Gasteiger partial charge on any atom is 0.253 e. The van der Waals surface area contributed by atoms with E-state index in [9.17, 15) is 4.79 Å². The summed E-state index contributed by atoms with van der Waals surface area (Å²) in [4.78, 5) is 16.9. The number of rotatable bonds is 7. The van der Waals surface area contributed by atoms with Crippen LogP contribution in [0, 0.1) is 0 Å². The molecule has 1 fully saturated rings. The number of nitrogens with one attached hydrogen (secondary N) is 3. The highest BCUT2D eigenvalue weighted by Gasteiger charge is 2.23. The fourth-order valence-corrected chi connectivity index (χ4v) is 3.18. The molecule has 1 heterocycles. The van der Waals surface area contributed by atoms with Crippen LogP contribution in [0.2, 0.25) is 5.02 Å². The number of hydrogen-bond donors (Lipinski definition) is 3. The maximum atomic E-state index is 12.2. The second-order valence-corrected chi connectivity index (χ2v) is 7.30. The number of anilines is 1. The van der Waals surface area contributed by atoms with Crippen LogP contribution >= 0.6 is 35.6 Å². The van der Waals surface area contributed by atoms with Gasteiger partial charge in [0.1, 0.15) is 6.10 Å². The van der Waals surface area contributed by atoms with E-state index in [4.69, 9.17) is 16.3 Å². The summed E-state index contributed by atoms with van der Waals surface area (Å²) in [5.41, 5.74) is 2.90. The third-order valence-electron chi connectivity index (χ3n) is 4.55. The van der Waals surface area contributed by atoms with Crippen LogP contribution in [0.25, 0.3) is 0 Å². The molecule has 0 bridgehead atoms. The first-order valence-electron chi connectivity index (χ1n) is 9.92. The van der Waals surface area contributed by atoms with Gasteiger partial charge in [0.2, 0.25) is 0 Å². The Morgan fingerprint density at radius 3 is 2.67 bits per heavy atom. The van der Waals surface area contributed by atoms with Crippen molar-refractivity contribution in [3.05, 3.63) is 64.7 Å². The maximum absolute atomic E-state index is 12.2. The lowest BCUT2D eigenvalue weighted by molar-refractivity contribution is -0.124. The van der Waals surface area contributed by atoms with E-state index in [1.54, 1.807) is 0 Å². The molecule has 0 aromatic heterocycles. The minimum Gasteiger partial charge on any atom is -0.368 e. The molecule has 2 aromatic carbocycles. The molecule has 1 saturated heterocycles. The van der Waals surface area contributed by atoms with E-state index in [-0.39, 0.29) is 36.0 Å². The summed E-state index contributed by atoms with van der Waals surface area (Å²) in [6.07, 6.45) is 1.37. The predicted octanol–water partition coefficient (Wildman–Crippen LogP) is 4.33. The van der Waals surface area contributed by atoms with Crippen molar-refractivity contribution < 1.29 is 9.53 Å². The molecule has 0 saturated carbocycles. The van der Waals surface area contributed by atoms with Gasteiger partial charge in [-0.2, -0.15) is 0 Å². The van der Waals surface area contributed by atoms with Crippen molar-refractivity contribution in [2.45, 2.75) is 39.0 Å². The average Bonchev–Trinajstić information content (AvgIpc) is 3.27. The van der Waals surface area contributed by atoms with Crippen LogP contribution in [-0.4, -0.2) is 31.1 Å². The van der Waals surface area contributed by atoms with Crippen molar-refractivity contribution in [1.29, 1.82) is 0 Å². The van der Waals surface area contributed by atoms with Crippen molar-refractivity contribution in [3.63, 3.8) is 0 Å². The van der Waals surface area contributed by atoms with Crippen LogP contribution in [0.15, 0.2) is 53.5 Å². The summed E-state index contributed by atoms with van der Waals surface area (Å²) in [6, 6.07) is 15.5. The van der Waals surface area contributed by atoms with Crippen molar-refractivity contribution in [2.24, 2.45) is 4.99 Å². The van der Waals surface area contributed by atoms with Crippen molar-refractivity contribution in [2.75, 3.05) is 18.5 Å². The van der Waals surface area contributed by atoms with Gasteiger partial charge in [-0.05, 0) is 55.2 Å². The van der Waals surface area contributed by atoms with Crippen molar-refractivity contribution >= 4 is 53.1 Å². The van der Waals surface area contributed by atoms with Crippen molar-refractivity contribution in [3.8, 4) is 0 Å². The SMILES string of the molecule is CCNC(=NCc1cccc(NC(=O)C2CCCO2)c1)NCc1ccc(Cl)cc1.I. The average molecular weight is 543 g/mol. The molecule has 1 aliphatic heterocycles. The first-order chi connectivity index (χ1) is 14.1. The molecule has 162 valence electrons. The van der Waals surface area contributed by atoms with E-state index in [0.717, 1.165) is 47.2 Å². The van der Waals surface area contributed by atoms with E-state index in [1.165, 1.54) is 0 Å². The zero-order chi connectivity index (χ0) is 20.5. The van der Waals surface area contributed by atoms with Gasteiger partial charge in [-0.3, -0.25) is 4.79 Å². The minimum absolute atomic E-state index is 0. The molecule has 6 nitrogen and oxygen atoms in total. The molecule has 1 amide bonds. The molecule has 0 aliphatic carbocycles. The van der Waals surface area contributed by atoms with Gasteiger partial charge in [-0.1, -0.05) is 35.9 Å². The van der Waals surface area contributed by atoms with Gasteiger partial charge in [-0.15, -0.1) is 24.0 Å². The minimum atomic E-state index is -0.339. The monoisotopic (exact) mass is 542 g/mol. The smallest absolute Gasteiger partial charge is 0.253 e. The molecule has 0 radical (unpaired) electrons. The first-order valence-corrected chi connectivity index (χ1v) is 10.3. The fraction of sp³-hybridized carbons (Fsp3) is 0.364. The lowest BCUT2D eigenvalue weighted by Crippen LogP contribution is -2.36. The van der Waals surface area contributed by atoms with Gasteiger partial charge in [0.15, 0.2) is 5.96 Å². The Balaban J connectivity index is 0.00000320. The molecular weight excluding hydrogens is 515 g/mol. The summed E-state index contributed by atoms with van der Waals surface area (Å²) in [5, 5.41) is 10.2. The molecule has 0 spiro atoms. The summed E-state index contributed by atoms with van der Waals surface area (Å²) in [6.45, 7) is 4.60. The van der Waals surface area contributed by atoms with Crippen LogP contribution in [0.1, 0.15) is 30.9 Å². The van der Waals surface area contributed by atoms with E-state index in [0.29, 0.717) is 19.7 Å². The van der Waals surface area contributed by atoms with Gasteiger partial charge in [0.25, 0.3) is 5.91 Å². The first kappa shape index (κ1) is 24.4. The van der Waals surface area contributed by atoms with E-state index < -0.39 is 0 Å². The Labute approximate surface area is 199 Å². The topological polar surface area (TPSA) is 74.8 Å². The Morgan fingerprint density at radius 2 is 1.97 bits per heavy atom. The molecule has 3 N–H and O–H groups in total. The number of halogens is 2. The lowest BCUT2D eigenvalue weighted by Gasteiger charge is -2.12.